The molecule has 0 unspecified atom stereocenters. The molecule has 0 saturated heterocycles. The Morgan fingerprint density at radius 1 is 0.743 bits per heavy atom. The zero-order valence-corrected chi connectivity index (χ0v) is 20.7. The van der Waals surface area contributed by atoms with Crippen molar-refractivity contribution in [2.24, 2.45) is 0 Å². The standard InChI is InChI=1S/C32H26N2O/c1-17-6-7-20-14-26-30-28-23(12-13-33-30)22-11-9-19-8-10-21(32(3,4)5)15-24(19)25(22)16-27(28)35-31(26)34-29(20)18(17)2/h6-16H,1-5H3. The maximum atomic E-state index is 6.56. The number of hydrogen-bond donors (Lipinski definition) is 0. The number of aromatic nitrogens is 2. The van der Waals surface area contributed by atoms with Crippen molar-refractivity contribution < 1.29 is 4.74 Å². The van der Waals surface area contributed by atoms with E-state index in [4.69, 9.17) is 14.7 Å². The van der Waals surface area contributed by atoms with Gasteiger partial charge in [-0.25, -0.2) is 4.98 Å². The van der Waals surface area contributed by atoms with Crippen molar-refractivity contribution in [2.45, 2.75) is 40.0 Å². The van der Waals surface area contributed by atoms with Gasteiger partial charge in [-0.2, -0.15) is 0 Å². The SMILES string of the molecule is Cc1ccc2cc3c(nc2c1C)Oc1cc2c4cc(C(C)(C)C)ccc4ccc2c2ccnc-3c12. The number of rotatable bonds is 0. The summed E-state index contributed by atoms with van der Waals surface area (Å²) in [7, 11) is 0. The highest BCUT2D eigenvalue weighted by Gasteiger charge is 2.25. The van der Waals surface area contributed by atoms with E-state index in [-0.39, 0.29) is 5.41 Å². The second-order valence-corrected chi connectivity index (χ2v) is 10.8. The van der Waals surface area contributed by atoms with Crippen molar-refractivity contribution >= 4 is 43.2 Å². The molecule has 0 bridgehead atoms. The lowest BCUT2D eigenvalue weighted by molar-refractivity contribution is 0.469. The fourth-order valence-electron chi connectivity index (χ4n) is 5.44. The van der Waals surface area contributed by atoms with Gasteiger partial charge in [-0.05, 0) is 87.1 Å². The number of ether oxygens (including phenoxy) is 1. The minimum Gasteiger partial charge on any atom is -0.438 e. The molecule has 0 aliphatic carbocycles. The first-order valence-corrected chi connectivity index (χ1v) is 12.2. The quantitative estimate of drug-likeness (QED) is 0.215. The van der Waals surface area contributed by atoms with E-state index in [0.29, 0.717) is 5.88 Å². The highest BCUT2D eigenvalue weighted by molar-refractivity contribution is 6.21. The smallest absolute Gasteiger partial charge is 0.229 e. The summed E-state index contributed by atoms with van der Waals surface area (Å²) in [4.78, 5) is 9.81. The minimum atomic E-state index is 0.0783. The van der Waals surface area contributed by atoms with Crippen LogP contribution in [-0.4, -0.2) is 9.97 Å². The van der Waals surface area contributed by atoms with E-state index < -0.39 is 0 Å². The number of benzene rings is 4. The van der Waals surface area contributed by atoms with Gasteiger partial charge in [0.15, 0.2) is 0 Å². The lowest BCUT2D eigenvalue weighted by Gasteiger charge is -2.23. The molecule has 1 aliphatic heterocycles. The Balaban J connectivity index is 1.58. The van der Waals surface area contributed by atoms with Crippen LogP contribution in [0.1, 0.15) is 37.5 Å². The van der Waals surface area contributed by atoms with Crippen LogP contribution in [0.4, 0.5) is 0 Å². The fourth-order valence-corrected chi connectivity index (χ4v) is 5.44. The molecule has 6 aromatic rings. The maximum Gasteiger partial charge on any atom is 0.229 e. The lowest BCUT2D eigenvalue weighted by Crippen LogP contribution is -2.10. The first kappa shape index (κ1) is 20.4. The molecule has 170 valence electrons. The van der Waals surface area contributed by atoms with Gasteiger partial charge >= 0.3 is 0 Å². The molecule has 0 radical (unpaired) electrons. The molecule has 0 N–H and O–H groups in total. The highest BCUT2D eigenvalue weighted by Crippen LogP contribution is 2.48. The molecule has 3 heterocycles. The summed E-state index contributed by atoms with van der Waals surface area (Å²) in [6.45, 7) is 11.0. The van der Waals surface area contributed by atoms with Gasteiger partial charge in [-0.3, -0.25) is 4.98 Å². The number of pyridine rings is 2. The molecule has 3 heteroatoms. The summed E-state index contributed by atoms with van der Waals surface area (Å²) in [6, 6.07) is 22.0. The zero-order chi connectivity index (χ0) is 24.1. The molecule has 2 aromatic heterocycles. The molecule has 1 aliphatic rings. The second-order valence-electron chi connectivity index (χ2n) is 10.8. The largest absolute Gasteiger partial charge is 0.438 e. The van der Waals surface area contributed by atoms with Gasteiger partial charge in [0, 0.05) is 11.6 Å². The predicted molar refractivity (Wildman–Crippen MR) is 146 cm³/mol. The first-order chi connectivity index (χ1) is 16.8. The monoisotopic (exact) mass is 454 g/mol. The van der Waals surface area contributed by atoms with Crippen molar-refractivity contribution in [1.29, 1.82) is 0 Å². The van der Waals surface area contributed by atoms with E-state index in [2.05, 4.69) is 95.3 Å². The zero-order valence-electron chi connectivity index (χ0n) is 20.7. The molecule has 0 atom stereocenters. The third-order valence-electron chi connectivity index (χ3n) is 7.63. The molecule has 0 spiro atoms. The molecular weight excluding hydrogens is 428 g/mol. The van der Waals surface area contributed by atoms with Crippen LogP contribution in [0.25, 0.3) is 54.5 Å². The van der Waals surface area contributed by atoms with Gasteiger partial charge in [0.05, 0.1) is 22.2 Å². The van der Waals surface area contributed by atoms with Crippen molar-refractivity contribution in [1.82, 2.24) is 9.97 Å². The Hall–Kier alpha value is -3.98. The summed E-state index contributed by atoms with van der Waals surface area (Å²) in [6.07, 6.45) is 1.91. The van der Waals surface area contributed by atoms with Crippen LogP contribution in [0.15, 0.2) is 66.9 Å². The van der Waals surface area contributed by atoms with Gasteiger partial charge in [0.25, 0.3) is 0 Å². The van der Waals surface area contributed by atoms with Crippen LogP contribution in [0.2, 0.25) is 0 Å². The number of hydrogen-bond acceptors (Lipinski definition) is 3. The van der Waals surface area contributed by atoms with Gasteiger partial charge in [-0.1, -0.05) is 57.2 Å². The van der Waals surface area contributed by atoms with Crippen molar-refractivity contribution in [3.05, 3.63) is 83.6 Å². The van der Waals surface area contributed by atoms with Crippen molar-refractivity contribution in [3.63, 3.8) is 0 Å². The molecular formula is C32H26N2O. The van der Waals surface area contributed by atoms with Crippen LogP contribution in [0.5, 0.6) is 11.6 Å². The molecule has 3 nitrogen and oxygen atoms in total. The van der Waals surface area contributed by atoms with Crippen LogP contribution in [0, 0.1) is 13.8 Å². The Bertz CT molecular complexity index is 1880. The number of fused-ring (bicyclic) bond motifs is 7. The Kier molecular flexibility index (Phi) is 3.96. The molecule has 0 fully saturated rings. The van der Waals surface area contributed by atoms with Crippen LogP contribution in [0.3, 0.4) is 0 Å². The summed E-state index contributed by atoms with van der Waals surface area (Å²) >= 11 is 0. The fraction of sp³-hybridized carbons (Fsp3) is 0.188. The summed E-state index contributed by atoms with van der Waals surface area (Å²) < 4.78 is 6.56. The normalized spacial score (nSPS) is 12.9. The van der Waals surface area contributed by atoms with E-state index in [9.17, 15) is 0 Å². The summed E-state index contributed by atoms with van der Waals surface area (Å²) in [5, 5.41) is 8.23. The molecule has 0 saturated carbocycles. The average Bonchev–Trinajstić information content (AvgIpc) is 2.85. The molecule has 4 aromatic carbocycles. The van der Waals surface area contributed by atoms with Gasteiger partial charge < -0.3 is 4.74 Å². The first-order valence-electron chi connectivity index (χ1n) is 12.2. The average molecular weight is 455 g/mol. The Morgan fingerprint density at radius 3 is 2.37 bits per heavy atom. The highest BCUT2D eigenvalue weighted by atomic mass is 16.5. The molecule has 7 rings (SSSR count). The lowest BCUT2D eigenvalue weighted by atomic mass is 9.85. The topological polar surface area (TPSA) is 35.0 Å². The van der Waals surface area contributed by atoms with Gasteiger partial charge in [0.2, 0.25) is 5.88 Å². The van der Waals surface area contributed by atoms with E-state index in [1.54, 1.807) is 0 Å². The maximum absolute atomic E-state index is 6.56. The van der Waals surface area contributed by atoms with Crippen LogP contribution >= 0.6 is 0 Å². The summed E-state index contributed by atoms with van der Waals surface area (Å²) in [5.74, 6) is 1.46. The third-order valence-corrected chi connectivity index (χ3v) is 7.63. The molecule has 0 amide bonds. The van der Waals surface area contributed by atoms with Gasteiger partial charge in [-0.15, -0.1) is 0 Å². The minimum absolute atomic E-state index is 0.0783. The van der Waals surface area contributed by atoms with Gasteiger partial charge in [0.1, 0.15) is 5.75 Å². The number of nitrogens with zero attached hydrogens (tertiary/aromatic N) is 2. The third kappa shape index (κ3) is 2.84. The predicted octanol–water partition coefficient (Wildman–Crippen LogP) is 8.78. The second kappa shape index (κ2) is 6.79. The molecule has 35 heavy (non-hydrogen) atoms. The van der Waals surface area contributed by atoms with Crippen molar-refractivity contribution in [3.8, 4) is 22.9 Å². The van der Waals surface area contributed by atoms with E-state index >= 15 is 0 Å². The number of aryl methyl sites for hydroxylation is 2. The Morgan fingerprint density at radius 2 is 1.54 bits per heavy atom. The summed E-state index contributed by atoms with van der Waals surface area (Å²) in [5.41, 5.74) is 6.70. The van der Waals surface area contributed by atoms with Crippen LogP contribution < -0.4 is 4.74 Å². The Labute approximate surface area is 204 Å². The van der Waals surface area contributed by atoms with E-state index in [0.717, 1.165) is 38.7 Å². The van der Waals surface area contributed by atoms with E-state index in [1.165, 1.54) is 38.2 Å². The van der Waals surface area contributed by atoms with Crippen LogP contribution in [-0.2, 0) is 5.41 Å². The van der Waals surface area contributed by atoms with E-state index in [1.807, 2.05) is 6.20 Å². The van der Waals surface area contributed by atoms with Crippen molar-refractivity contribution in [2.75, 3.05) is 0 Å².